The van der Waals surface area contributed by atoms with Gasteiger partial charge in [0.25, 0.3) is 0 Å². The predicted molar refractivity (Wildman–Crippen MR) is 48.5 cm³/mol. The van der Waals surface area contributed by atoms with E-state index in [-0.39, 0.29) is 12.1 Å². The number of rotatable bonds is 3. The lowest BCUT2D eigenvalue weighted by atomic mass is 10.1. The molecule has 2 atom stereocenters. The molecule has 0 N–H and O–H groups in total. The quantitative estimate of drug-likeness (QED) is 0.532. The van der Waals surface area contributed by atoms with Crippen LogP contribution >= 0.6 is 0 Å². The first-order valence-corrected chi connectivity index (χ1v) is 4.55. The molecule has 0 amide bonds. The zero-order valence-corrected chi connectivity index (χ0v) is 7.84. The zero-order chi connectivity index (χ0) is 9.97. The van der Waals surface area contributed by atoms with Gasteiger partial charge in [-0.1, -0.05) is 0 Å². The SMILES string of the molecule is CCOC(=O)[C@@H]1O[C@H]1c1ccncc1. The summed E-state index contributed by atoms with van der Waals surface area (Å²) in [7, 11) is 0. The molecule has 4 nitrogen and oxygen atoms in total. The summed E-state index contributed by atoms with van der Waals surface area (Å²) in [5.41, 5.74) is 0.970. The lowest BCUT2D eigenvalue weighted by molar-refractivity contribution is -0.144. The van der Waals surface area contributed by atoms with Crippen molar-refractivity contribution in [2.45, 2.75) is 19.1 Å². The van der Waals surface area contributed by atoms with Crippen molar-refractivity contribution in [1.29, 1.82) is 0 Å². The van der Waals surface area contributed by atoms with E-state index in [4.69, 9.17) is 9.47 Å². The second-order valence-electron chi connectivity index (χ2n) is 3.01. The number of esters is 1. The fraction of sp³-hybridized carbons (Fsp3) is 0.400. The smallest absolute Gasteiger partial charge is 0.338 e. The number of ether oxygens (including phenoxy) is 2. The summed E-state index contributed by atoms with van der Waals surface area (Å²) in [6.07, 6.45) is 2.80. The number of carbonyl (C=O) groups is 1. The van der Waals surface area contributed by atoms with Crippen LogP contribution in [-0.2, 0) is 14.3 Å². The lowest BCUT2D eigenvalue weighted by Gasteiger charge is -1.96. The summed E-state index contributed by atoms with van der Waals surface area (Å²) in [6.45, 7) is 2.17. The highest BCUT2D eigenvalue weighted by atomic mass is 16.6. The van der Waals surface area contributed by atoms with E-state index in [1.807, 2.05) is 12.1 Å². The Bertz CT molecular complexity index is 325. The Morgan fingerprint density at radius 2 is 2.29 bits per heavy atom. The summed E-state index contributed by atoms with van der Waals surface area (Å²) in [6, 6.07) is 3.67. The van der Waals surface area contributed by atoms with Gasteiger partial charge in [-0.2, -0.15) is 0 Å². The largest absolute Gasteiger partial charge is 0.464 e. The van der Waals surface area contributed by atoms with Gasteiger partial charge in [-0.15, -0.1) is 0 Å². The minimum absolute atomic E-state index is 0.142. The van der Waals surface area contributed by atoms with E-state index in [0.717, 1.165) is 5.56 Å². The highest BCUT2D eigenvalue weighted by Gasteiger charge is 2.47. The predicted octanol–water partition coefficient (Wildman–Crippen LogP) is 1.08. The molecular formula is C10H11NO3. The highest BCUT2D eigenvalue weighted by Crippen LogP contribution is 2.38. The van der Waals surface area contributed by atoms with E-state index in [0.29, 0.717) is 6.61 Å². The molecule has 0 saturated carbocycles. The number of hydrogen-bond acceptors (Lipinski definition) is 4. The fourth-order valence-electron chi connectivity index (χ4n) is 1.32. The van der Waals surface area contributed by atoms with Crippen molar-refractivity contribution in [3.63, 3.8) is 0 Å². The van der Waals surface area contributed by atoms with Gasteiger partial charge in [0.15, 0.2) is 6.10 Å². The Labute approximate surface area is 81.9 Å². The molecule has 2 heterocycles. The molecule has 1 aliphatic rings. The Hall–Kier alpha value is -1.42. The standard InChI is InChI=1S/C10H11NO3/c1-2-13-10(12)9-8(14-9)7-3-5-11-6-4-7/h3-6,8-9H,2H2,1H3/t8-,9+/m0/s1. The number of nitrogens with zero attached hydrogens (tertiary/aromatic N) is 1. The molecule has 0 aliphatic carbocycles. The van der Waals surface area contributed by atoms with Gasteiger partial charge < -0.3 is 9.47 Å². The fourth-order valence-corrected chi connectivity index (χ4v) is 1.32. The van der Waals surface area contributed by atoms with Crippen molar-refractivity contribution in [2.75, 3.05) is 6.61 Å². The third-order valence-corrected chi connectivity index (χ3v) is 2.05. The Balaban J connectivity index is 1.96. The summed E-state index contributed by atoms with van der Waals surface area (Å²) < 4.78 is 10.1. The van der Waals surface area contributed by atoms with Crippen LogP contribution in [0.1, 0.15) is 18.6 Å². The van der Waals surface area contributed by atoms with Crippen molar-refractivity contribution in [2.24, 2.45) is 0 Å². The van der Waals surface area contributed by atoms with Gasteiger partial charge in [0.1, 0.15) is 6.10 Å². The maximum absolute atomic E-state index is 11.2. The van der Waals surface area contributed by atoms with Gasteiger partial charge in [-0.3, -0.25) is 4.98 Å². The minimum atomic E-state index is -0.419. The number of carbonyl (C=O) groups excluding carboxylic acids is 1. The summed E-state index contributed by atoms with van der Waals surface area (Å²) in [4.78, 5) is 15.1. The van der Waals surface area contributed by atoms with Crippen LogP contribution in [0.3, 0.4) is 0 Å². The Morgan fingerprint density at radius 3 is 2.93 bits per heavy atom. The van der Waals surface area contributed by atoms with Crippen molar-refractivity contribution in [1.82, 2.24) is 4.98 Å². The first-order valence-electron chi connectivity index (χ1n) is 4.55. The molecule has 1 aromatic heterocycles. The molecule has 0 bridgehead atoms. The molecule has 0 aromatic carbocycles. The Morgan fingerprint density at radius 1 is 1.57 bits per heavy atom. The maximum atomic E-state index is 11.2. The molecular weight excluding hydrogens is 182 g/mol. The molecule has 4 heteroatoms. The van der Waals surface area contributed by atoms with Crippen LogP contribution in [0.15, 0.2) is 24.5 Å². The van der Waals surface area contributed by atoms with Gasteiger partial charge in [-0.25, -0.2) is 4.79 Å². The van der Waals surface area contributed by atoms with E-state index in [1.54, 1.807) is 19.3 Å². The van der Waals surface area contributed by atoms with E-state index < -0.39 is 6.10 Å². The zero-order valence-electron chi connectivity index (χ0n) is 7.84. The molecule has 0 spiro atoms. The van der Waals surface area contributed by atoms with Crippen LogP contribution in [0.5, 0.6) is 0 Å². The van der Waals surface area contributed by atoms with Crippen molar-refractivity contribution < 1.29 is 14.3 Å². The molecule has 14 heavy (non-hydrogen) atoms. The number of epoxide rings is 1. The van der Waals surface area contributed by atoms with Gasteiger partial charge in [0.05, 0.1) is 6.61 Å². The van der Waals surface area contributed by atoms with E-state index in [9.17, 15) is 4.79 Å². The summed E-state index contributed by atoms with van der Waals surface area (Å²) in [5, 5.41) is 0. The Kier molecular flexibility index (Phi) is 2.45. The minimum Gasteiger partial charge on any atom is -0.464 e. The van der Waals surface area contributed by atoms with Gasteiger partial charge in [0.2, 0.25) is 0 Å². The number of aromatic nitrogens is 1. The van der Waals surface area contributed by atoms with Gasteiger partial charge in [-0.05, 0) is 24.6 Å². The normalized spacial score (nSPS) is 24.4. The molecule has 74 valence electrons. The average Bonchev–Trinajstić information content (AvgIpc) is 2.99. The van der Waals surface area contributed by atoms with Crippen molar-refractivity contribution in [3.05, 3.63) is 30.1 Å². The second kappa shape index (κ2) is 3.75. The first-order chi connectivity index (χ1) is 6.83. The summed E-state index contributed by atoms with van der Waals surface area (Å²) >= 11 is 0. The van der Waals surface area contributed by atoms with Crippen LogP contribution in [0, 0.1) is 0 Å². The molecule has 1 saturated heterocycles. The van der Waals surface area contributed by atoms with E-state index in [2.05, 4.69) is 4.98 Å². The highest BCUT2D eigenvalue weighted by molar-refractivity contribution is 5.78. The third-order valence-electron chi connectivity index (χ3n) is 2.05. The van der Waals surface area contributed by atoms with E-state index >= 15 is 0 Å². The molecule has 1 aromatic rings. The molecule has 2 rings (SSSR count). The van der Waals surface area contributed by atoms with Crippen LogP contribution < -0.4 is 0 Å². The lowest BCUT2D eigenvalue weighted by Crippen LogP contribution is -2.11. The van der Waals surface area contributed by atoms with E-state index in [1.165, 1.54) is 0 Å². The van der Waals surface area contributed by atoms with Crippen LogP contribution in [0.2, 0.25) is 0 Å². The second-order valence-corrected chi connectivity index (χ2v) is 3.01. The van der Waals surface area contributed by atoms with Gasteiger partial charge in [0, 0.05) is 12.4 Å². The topological polar surface area (TPSA) is 51.7 Å². The first kappa shape index (κ1) is 9.15. The third kappa shape index (κ3) is 1.75. The van der Waals surface area contributed by atoms with Crippen molar-refractivity contribution >= 4 is 5.97 Å². The van der Waals surface area contributed by atoms with Gasteiger partial charge >= 0.3 is 5.97 Å². The summed E-state index contributed by atoms with van der Waals surface area (Å²) in [5.74, 6) is -0.283. The van der Waals surface area contributed by atoms with Crippen LogP contribution in [0.25, 0.3) is 0 Å². The molecule has 1 fully saturated rings. The number of hydrogen-bond donors (Lipinski definition) is 0. The maximum Gasteiger partial charge on any atom is 0.338 e. The van der Waals surface area contributed by atoms with Crippen molar-refractivity contribution in [3.8, 4) is 0 Å². The molecule has 0 unspecified atom stereocenters. The monoisotopic (exact) mass is 193 g/mol. The molecule has 0 radical (unpaired) electrons. The van der Waals surface area contributed by atoms with Crippen LogP contribution in [-0.4, -0.2) is 23.7 Å². The van der Waals surface area contributed by atoms with Crippen LogP contribution in [0.4, 0.5) is 0 Å². The molecule has 1 aliphatic heterocycles. The number of pyridine rings is 1. The average molecular weight is 193 g/mol.